The predicted octanol–water partition coefficient (Wildman–Crippen LogP) is 0.695. The highest BCUT2D eigenvalue weighted by atomic mass is 16.5. The number of carbonyl (C=O) groups excluding carboxylic acids is 2. The Morgan fingerprint density at radius 1 is 1.22 bits per heavy atom. The monoisotopic (exact) mass is 443 g/mol. The smallest absolute Gasteiger partial charge is 0.268 e. The SMILES string of the molecule is CNCCCC(NC(=O)c1ccc(-c2ccccc2)[nH]1)C(=O)NN1CCOCC1.N=CN. The van der Waals surface area contributed by atoms with Gasteiger partial charge in [0.05, 0.1) is 19.6 Å². The van der Waals surface area contributed by atoms with Crippen LogP contribution < -0.4 is 21.8 Å². The minimum Gasteiger partial charge on any atom is -0.390 e. The number of hydrazine groups is 1. The summed E-state index contributed by atoms with van der Waals surface area (Å²) >= 11 is 0. The van der Waals surface area contributed by atoms with Crippen molar-refractivity contribution >= 4 is 18.2 Å². The lowest BCUT2D eigenvalue weighted by Crippen LogP contribution is -2.55. The number of hydrogen-bond donors (Lipinski definition) is 6. The van der Waals surface area contributed by atoms with Crippen molar-refractivity contribution in [2.75, 3.05) is 39.9 Å². The van der Waals surface area contributed by atoms with Crippen LogP contribution in [0.5, 0.6) is 0 Å². The van der Waals surface area contributed by atoms with Crippen LogP contribution in [0.4, 0.5) is 0 Å². The molecule has 1 fully saturated rings. The van der Waals surface area contributed by atoms with Gasteiger partial charge >= 0.3 is 0 Å². The van der Waals surface area contributed by atoms with E-state index in [1.807, 2.05) is 48.5 Å². The van der Waals surface area contributed by atoms with Crippen molar-refractivity contribution in [3.8, 4) is 11.3 Å². The van der Waals surface area contributed by atoms with Gasteiger partial charge in [-0.2, -0.15) is 0 Å². The normalized spacial score (nSPS) is 14.5. The summed E-state index contributed by atoms with van der Waals surface area (Å²) in [5, 5.41) is 13.7. The van der Waals surface area contributed by atoms with Crippen molar-refractivity contribution in [3.63, 3.8) is 0 Å². The lowest BCUT2D eigenvalue weighted by Gasteiger charge is -2.29. The highest BCUT2D eigenvalue weighted by Gasteiger charge is 2.24. The first-order valence-corrected chi connectivity index (χ1v) is 10.6. The Morgan fingerprint density at radius 3 is 2.56 bits per heavy atom. The van der Waals surface area contributed by atoms with Crippen molar-refractivity contribution in [2.24, 2.45) is 5.73 Å². The van der Waals surface area contributed by atoms with Crippen LogP contribution in [0, 0.1) is 5.41 Å². The van der Waals surface area contributed by atoms with Gasteiger partial charge in [0.2, 0.25) is 0 Å². The highest BCUT2D eigenvalue weighted by molar-refractivity contribution is 5.96. The first kappa shape index (κ1) is 25.1. The van der Waals surface area contributed by atoms with Crippen molar-refractivity contribution in [3.05, 3.63) is 48.2 Å². The summed E-state index contributed by atoms with van der Waals surface area (Å²) in [4.78, 5) is 28.7. The molecule has 2 amide bonds. The molecule has 32 heavy (non-hydrogen) atoms. The number of aromatic nitrogens is 1. The molecule has 1 aliphatic heterocycles. The van der Waals surface area contributed by atoms with Crippen molar-refractivity contribution in [1.29, 1.82) is 5.41 Å². The third-order valence-electron chi connectivity index (χ3n) is 4.84. The van der Waals surface area contributed by atoms with Gasteiger partial charge in [0.15, 0.2) is 0 Å². The van der Waals surface area contributed by atoms with Crippen LogP contribution in [0.15, 0.2) is 42.5 Å². The summed E-state index contributed by atoms with van der Waals surface area (Å²) in [5.41, 5.74) is 9.59. The second-order valence-corrected chi connectivity index (χ2v) is 7.17. The van der Waals surface area contributed by atoms with E-state index in [1.54, 1.807) is 6.07 Å². The zero-order chi connectivity index (χ0) is 23.2. The van der Waals surface area contributed by atoms with Crippen molar-refractivity contribution in [2.45, 2.75) is 18.9 Å². The van der Waals surface area contributed by atoms with Gasteiger partial charge in [0, 0.05) is 18.8 Å². The Balaban J connectivity index is 0.00000114. The van der Waals surface area contributed by atoms with E-state index >= 15 is 0 Å². The molecular weight excluding hydrogens is 410 g/mol. The van der Waals surface area contributed by atoms with E-state index < -0.39 is 6.04 Å². The molecule has 0 radical (unpaired) electrons. The van der Waals surface area contributed by atoms with Crippen LogP contribution in [-0.2, 0) is 9.53 Å². The first-order chi connectivity index (χ1) is 15.6. The van der Waals surface area contributed by atoms with E-state index in [0.717, 1.165) is 30.6 Å². The molecule has 1 aromatic heterocycles. The lowest BCUT2D eigenvalue weighted by atomic mass is 10.1. The van der Waals surface area contributed by atoms with Gasteiger partial charge in [-0.1, -0.05) is 30.3 Å². The Labute approximate surface area is 188 Å². The van der Waals surface area contributed by atoms with Gasteiger partial charge in [0.1, 0.15) is 11.7 Å². The van der Waals surface area contributed by atoms with Crippen LogP contribution in [0.1, 0.15) is 23.3 Å². The molecule has 1 aliphatic rings. The topological polar surface area (TPSA) is 148 Å². The number of nitrogens with one attached hydrogen (secondary N) is 5. The molecule has 2 heterocycles. The summed E-state index contributed by atoms with van der Waals surface area (Å²) in [5.74, 6) is -0.495. The highest BCUT2D eigenvalue weighted by Crippen LogP contribution is 2.18. The molecule has 2 aromatic rings. The van der Waals surface area contributed by atoms with E-state index in [1.165, 1.54) is 0 Å². The fraction of sp³-hybridized carbons (Fsp3) is 0.409. The van der Waals surface area contributed by atoms with Gasteiger partial charge in [0.25, 0.3) is 11.8 Å². The second kappa shape index (κ2) is 14.0. The fourth-order valence-corrected chi connectivity index (χ4v) is 3.21. The molecule has 10 heteroatoms. The number of carbonyl (C=O) groups is 2. The molecule has 1 unspecified atom stereocenters. The average molecular weight is 444 g/mol. The maximum absolute atomic E-state index is 12.8. The van der Waals surface area contributed by atoms with Gasteiger partial charge in [-0.05, 0) is 44.1 Å². The summed E-state index contributed by atoms with van der Waals surface area (Å²) in [6, 6.07) is 12.8. The summed E-state index contributed by atoms with van der Waals surface area (Å²) in [6.45, 7) is 3.22. The number of ether oxygens (including phenoxy) is 1. The first-order valence-electron chi connectivity index (χ1n) is 10.6. The number of aromatic amines is 1. The Kier molecular flexibility index (Phi) is 10.9. The molecule has 174 valence electrons. The number of amides is 2. The molecule has 0 saturated carbocycles. The summed E-state index contributed by atoms with van der Waals surface area (Å²) < 4.78 is 5.31. The number of nitrogens with zero attached hydrogens (tertiary/aromatic N) is 1. The maximum Gasteiger partial charge on any atom is 0.268 e. The third-order valence-corrected chi connectivity index (χ3v) is 4.84. The second-order valence-electron chi connectivity index (χ2n) is 7.17. The van der Waals surface area contributed by atoms with E-state index in [-0.39, 0.29) is 11.8 Å². The Hall–Kier alpha value is -3.21. The molecule has 1 aromatic carbocycles. The van der Waals surface area contributed by atoms with Gasteiger partial charge < -0.3 is 26.1 Å². The predicted molar refractivity (Wildman–Crippen MR) is 124 cm³/mol. The molecule has 0 spiro atoms. The Morgan fingerprint density at radius 2 is 1.91 bits per heavy atom. The number of benzene rings is 1. The van der Waals surface area contributed by atoms with Gasteiger partial charge in [-0.15, -0.1) is 0 Å². The van der Waals surface area contributed by atoms with E-state index in [9.17, 15) is 9.59 Å². The molecule has 1 atom stereocenters. The van der Waals surface area contributed by atoms with Crippen molar-refractivity contribution < 1.29 is 14.3 Å². The quantitative estimate of drug-likeness (QED) is 0.191. The van der Waals surface area contributed by atoms with Crippen LogP contribution in [-0.4, -0.2) is 74.1 Å². The zero-order valence-corrected chi connectivity index (χ0v) is 18.4. The maximum atomic E-state index is 12.8. The zero-order valence-electron chi connectivity index (χ0n) is 18.4. The van der Waals surface area contributed by atoms with E-state index in [0.29, 0.717) is 38.4 Å². The van der Waals surface area contributed by atoms with Crippen LogP contribution >= 0.6 is 0 Å². The number of hydrogen-bond acceptors (Lipinski definition) is 6. The molecule has 0 aliphatic carbocycles. The van der Waals surface area contributed by atoms with Crippen LogP contribution in [0.25, 0.3) is 11.3 Å². The van der Waals surface area contributed by atoms with Gasteiger partial charge in [-0.25, -0.2) is 5.01 Å². The van der Waals surface area contributed by atoms with Crippen LogP contribution in [0.2, 0.25) is 0 Å². The van der Waals surface area contributed by atoms with Crippen LogP contribution in [0.3, 0.4) is 0 Å². The molecule has 1 saturated heterocycles. The number of nitrogens with two attached hydrogens (primary N) is 1. The lowest BCUT2D eigenvalue weighted by molar-refractivity contribution is -0.130. The Bertz CT molecular complexity index is 835. The minimum absolute atomic E-state index is 0.203. The van der Waals surface area contributed by atoms with Gasteiger partial charge in [-0.3, -0.25) is 20.4 Å². The van der Waals surface area contributed by atoms with E-state index in [2.05, 4.69) is 26.8 Å². The molecular formula is C22H33N7O3. The fourth-order valence-electron chi connectivity index (χ4n) is 3.21. The molecule has 0 bridgehead atoms. The minimum atomic E-state index is -0.609. The number of morpholine rings is 1. The van der Waals surface area contributed by atoms with Crippen molar-refractivity contribution in [1.82, 2.24) is 26.1 Å². The standard InChI is InChI=1S/C21H29N5O3.CH4N2/c1-22-11-5-8-18(21(28)25-26-12-14-29-15-13-26)24-20(27)19-10-9-17(23-19)16-6-3-2-4-7-16;2-1-3/h2-4,6-7,9-10,18,22-23H,5,8,11-15H2,1H3,(H,24,27)(H,25,28);1H,(H3,2,3). The summed E-state index contributed by atoms with van der Waals surface area (Å²) in [7, 11) is 1.87. The van der Waals surface area contributed by atoms with E-state index in [4.69, 9.17) is 10.1 Å². The molecule has 3 rings (SSSR count). The number of rotatable bonds is 9. The molecule has 10 nitrogen and oxygen atoms in total. The number of H-pyrrole nitrogens is 1. The largest absolute Gasteiger partial charge is 0.390 e. The summed E-state index contributed by atoms with van der Waals surface area (Å²) in [6.07, 6.45) is 2.08. The molecule has 7 N–H and O–H groups in total. The average Bonchev–Trinajstić information content (AvgIpc) is 3.31. The third kappa shape index (κ3) is 8.14.